The predicted octanol–water partition coefficient (Wildman–Crippen LogP) is 2.71. The number of esters is 2. The lowest BCUT2D eigenvalue weighted by molar-refractivity contribution is -0.141. The van der Waals surface area contributed by atoms with Gasteiger partial charge in [0.25, 0.3) is 0 Å². The summed E-state index contributed by atoms with van der Waals surface area (Å²) in [6, 6.07) is 0. The van der Waals surface area contributed by atoms with E-state index in [-0.39, 0.29) is 11.9 Å². The lowest BCUT2D eigenvalue weighted by Crippen LogP contribution is -2.09. The molecule has 0 saturated carbocycles. The van der Waals surface area contributed by atoms with E-state index in [0.717, 1.165) is 24.2 Å². The normalized spacial score (nSPS) is 10.7. The Bertz CT molecular complexity index is 769. The Morgan fingerprint density at radius 2 is 1.53 bits per heavy atom. The van der Waals surface area contributed by atoms with Crippen molar-refractivity contribution in [3.05, 3.63) is 23.8 Å². The standard InChI is InChI=1S/2C10H17N3O2/c1-8(2)9-7-13(12-11-9)6-4-5-10(14)15-3;1-8(2)9-7-11-12-13(9)6-4-5-10(14)15-3/h2*7-8H,4-6H2,1-3H3. The SMILES string of the molecule is COC(=O)CCCn1cc(C(C)C)nn1.COC(=O)CCCn1nncc1C(C)C. The highest BCUT2D eigenvalue weighted by atomic mass is 16.5. The van der Waals surface area contributed by atoms with Gasteiger partial charge in [-0.3, -0.25) is 14.3 Å². The largest absolute Gasteiger partial charge is 0.469 e. The molecule has 168 valence electrons. The monoisotopic (exact) mass is 422 g/mol. The summed E-state index contributed by atoms with van der Waals surface area (Å²) in [6.45, 7) is 9.74. The molecule has 30 heavy (non-hydrogen) atoms. The van der Waals surface area contributed by atoms with Crippen LogP contribution < -0.4 is 0 Å². The number of rotatable bonds is 10. The van der Waals surface area contributed by atoms with Crippen LogP contribution in [0.4, 0.5) is 0 Å². The molecular formula is C20H34N6O4. The topological polar surface area (TPSA) is 114 Å². The fourth-order valence-electron chi connectivity index (χ4n) is 2.54. The summed E-state index contributed by atoms with van der Waals surface area (Å²) in [7, 11) is 2.80. The molecule has 2 aromatic heterocycles. The van der Waals surface area contributed by atoms with Gasteiger partial charge >= 0.3 is 11.9 Å². The van der Waals surface area contributed by atoms with Gasteiger partial charge in [-0.1, -0.05) is 38.1 Å². The zero-order chi connectivity index (χ0) is 22.5. The number of aryl methyl sites for hydroxylation is 2. The lowest BCUT2D eigenvalue weighted by Gasteiger charge is -2.07. The number of ether oxygens (including phenoxy) is 2. The van der Waals surface area contributed by atoms with Crippen LogP contribution in [-0.2, 0) is 32.2 Å². The van der Waals surface area contributed by atoms with Crippen molar-refractivity contribution < 1.29 is 19.1 Å². The van der Waals surface area contributed by atoms with E-state index in [0.29, 0.717) is 37.8 Å². The molecule has 2 heterocycles. The highest BCUT2D eigenvalue weighted by Gasteiger charge is 2.08. The minimum absolute atomic E-state index is 0.179. The summed E-state index contributed by atoms with van der Waals surface area (Å²) < 4.78 is 12.7. The van der Waals surface area contributed by atoms with Gasteiger partial charge in [-0.15, -0.1) is 10.2 Å². The van der Waals surface area contributed by atoms with E-state index in [1.165, 1.54) is 14.2 Å². The van der Waals surface area contributed by atoms with Crippen molar-refractivity contribution in [2.45, 2.75) is 78.3 Å². The lowest BCUT2D eigenvalue weighted by atomic mass is 10.1. The molecule has 2 rings (SSSR count). The first-order chi connectivity index (χ1) is 14.3. The Labute approximate surface area is 177 Å². The maximum atomic E-state index is 10.9. The molecule has 0 bridgehead atoms. The van der Waals surface area contributed by atoms with Gasteiger partial charge < -0.3 is 9.47 Å². The fraction of sp³-hybridized carbons (Fsp3) is 0.700. The van der Waals surface area contributed by atoms with E-state index >= 15 is 0 Å². The Morgan fingerprint density at radius 3 is 2.03 bits per heavy atom. The molecule has 10 nitrogen and oxygen atoms in total. The van der Waals surface area contributed by atoms with E-state index < -0.39 is 0 Å². The fourth-order valence-corrected chi connectivity index (χ4v) is 2.54. The number of hydrogen-bond donors (Lipinski definition) is 0. The van der Waals surface area contributed by atoms with Gasteiger partial charge in [0, 0.05) is 32.1 Å². The van der Waals surface area contributed by atoms with Crippen molar-refractivity contribution in [3.8, 4) is 0 Å². The van der Waals surface area contributed by atoms with Gasteiger partial charge in [-0.05, 0) is 24.7 Å². The van der Waals surface area contributed by atoms with Crippen LogP contribution in [0, 0.1) is 0 Å². The molecule has 0 fully saturated rings. The first-order valence-corrected chi connectivity index (χ1v) is 10.2. The molecular weight excluding hydrogens is 388 g/mol. The minimum Gasteiger partial charge on any atom is -0.469 e. The molecule has 0 unspecified atom stereocenters. The van der Waals surface area contributed by atoms with Gasteiger partial charge in [0.05, 0.1) is 31.8 Å². The Balaban J connectivity index is 0.000000300. The van der Waals surface area contributed by atoms with Crippen molar-refractivity contribution in [2.75, 3.05) is 14.2 Å². The second kappa shape index (κ2) is 13.4. The zero-order valence-electron chi connectivity index (χ0n) is 18.9. The molecule has 0 spiro atoms. The molecule has 2 aromatic rings. The second-order valence-corrected chi connectivity index (χ2v) is 7.46. The van der Waals surface area contributed by atoms with E-state index in [1.807, 2.05) is 10.9 Å². The van der Waals surface area contributed by atoms with Gasteiger partial charge in [0.15, 0.2) is 0 Å². The van der Waals surface area contributed by atoms with Crippen molar-refractivity contribution in [3.63, 3.8) is 0 Å². The second-order valence-electron chi connectivity index (χ2n) is 7.46. The molecule has 0 saturated heterocycles. The third-order valence-corrected chi connectivity index (χ3v) is 4.36. The molecule has 0 radical (unpaired) electrons. The van der Waals surface area contributed by atoms with Gasteiger partial charge in [0.2, 0.25) is 0 Å². The summed E-state index contributed by atoms with van der Waals surface area (Å²) in [5.41, 5.74) is 2.08. The summed E-state index contributed by atoms with van der Waals surface area (Å²) in [4.78, 5) is 21.7. The minimum atomic E-state index is -0.181. The molecule has 0 aliphatic carbocycles. The molecule has 0 atom stereocenters. The Morgan fingerprint density at radius 1 is 0.933 bits per heavy atom. The van der Waals surface area contributed by atoms with Crippen molar-refractivity contribution in [1.82, 2.24) is 30.0 Å². The number of carbonyl (C=O) groups excluding carboxylic acids is 2. The Hall–Kier alpha value is -2.78. The van der Waals surface area contributed by atoms with E-state index in [4.69, 9.17) is 0 Å². The molecule has 0 amide bonds. The number of aromatic nitrogens is 6. The molecule has 10 heteroatoms. The van der Waals surface area contributed by atoms with Gasteiger partial charge in [-0.2, -0.15) is 0 Å². The predicted molar refractivity (Wildman–Crippen MR) is 111 cm³/mol. The number of carbonyl (C=O) groups is 2. The van der Waals surface area contributed by atoms with Crippen LogP contribution in [0.1, 0.15) is 76.6 Å². The highest BCUT2D eigenvalue weighted by Crippen LogP contribution is 2.12. The van der Waals surface area contributed by atoms with Crippen LogP contribution in [0.3, 0.4) is 0 Å². The molecule has 0 N–H and O–H groups in total. The van der Waals surface area contributed by atoms with E-state index in [2.05, 4.69) is 57.8 Å². The summed E-state index contributed by atoms with van der Waals surface area (Å²) in [6.07, 6.45) is 6.00. The van der Waals surface area contributed by atoms with Crippen LogP contribution >= 0.6 is 0 Å². The third-order valence-electron chi connectivity index (χ3n) is 4.36. The maximum absolute atomic E-state index is 10.9. The number of methoxy groups -OCH3 is 2. The van der Waals surface area contributed by atoms with Crippen molar-refractivity contribution in [2.24, 2.45) is 0 Å². The summed E-state index contributed by atoms with van der Waals surface area (Å²) in [5, 5.41) is 15.8. The smallest absolute Gasteiger partial charge is 0.305 e. The highest BCUT2D eigenvalue weighted by molar-refractivity contribution is 5.69. The van der Waals surface area contributed by atoms with Crippen LogP contribution in [0.5, 0.6) is 0 Å². The Kier molecular flexibility index (Phi) is 11.3. The molecule has 0 aliphatic heterocycles. The summed E-state index contributed by atoms with van der Waals surface area (Å²) in [5.74, 6) is 0.429. The van der Waals surface area contributed by atoms with Crippen LogP contribution in [0.15, 0.2) is 12.4 Å². The van der Waals surface area contributed by atoms with Crippen LogP contribution in [0.2, 0.25) is 0 Å². The van der Waals surface area contributed by atoms with Gasteiger partial charge in [-0.25, -0.2) is 4.68 Å². The zero-order valence-corrected chi connectivity index (χ0v) is 18.9. The van der Waals surface area contributed by atoms with E-state index in [9.17, 15) is 9.59 Å². The summed E-state index contributed by atoms with van der Waals surface area (Å²) >= 11 is 0. The average molecular weight is 423 g/mol. The maximum Gasteiger partial charge on any atom is 0.305 e. The number of hydrogen-bond acceptors (Lipinski definition) is 8. The number of nitrogens with zero attached hydrogens (tertiary/aromatic N) is 6. The third kappa shape index (κ3) is 9.15. The first-order valence-electron chi connectivity index (χ1n) is 10.2. The molecule has 0 aromatic carbocycles. The van der Waals surface area contributed by atoms with E-state index in [1.54, 1.807) is 10.9 Å². The quantitative estimate of drug-likeness (QED) is 0.537. The van der Waals surface area contributed by atoms with Gasteiger partial charge in [0.1, 0.15) is 0 Å². The van der Waals surface area contributed by atoms with Crippen molar-refractivity contribution in [1.29, 1.82) is 0 Å². The average Bonchev–Trinajstić information content (AvgIpc) is 3.38. The van der Waals surface area contributed by atoms with Crippen LogP contribution in [-0.4, -0.2) is 56.1 Å². The van der Waals surface area contributed by atoms with Crippen LogP contribution in [0.25, 0.3) is 0 Å². The molecule has 0 aliphatic rings. The van der Waals surface area contributed by atoms with Crippen molar-refractivity contribution >= 4 is 11.9 Å². The first kappa shape index (κ1) is 25.3.